The van der Waals surface area contributed by atoms with Crippen molar-refractivity contribution in [1.82, 2.24) is 10.3 Å². The van der Waals surface area contributed by atoms with Crippen molar-refractivity contribution >= 4 is 27.8 Å². The minimum absolute atomic E-state index is 0.0447. The summed E-state index contributed by atoms with van der Waals surface area (Å²) in [5.74, 6) is -1.45. The molecule has 1 aromatic heterocycles. The highest BCUT2D eigenvalue weighted by atomic mass is 79.9. The van der Waals surface area contributed by atoms with Crippen LogP contribution in [0.2, 0.25) is 0 Å². The number of aromatic nitrogens is 1. The van der Waals surface area contributed by atoms with E-state index >= 15 is 0 Å². The predicted molar refractivity (Wildman–Crippen MR) is 139 cm³/mol. The maximum Gasteiger partial charge on any atom is 0.326 e. The number of hydrogen-bond acceptors (Lipinski definition) is 3. The average Bonchev–Trinajstić information content (AvgIpc) is 2.89. The number of pyridine rings is 1. The summed E-state index contributed by atoms with van der Waals surface area (Å²) in [5, 5.41) is 12.6. The molecule has 0 unspecified atom stereocenters. The molecular formula is C29H25BrN2O3. The standard InChI is InChI=1S/C29H25BrN2O3/c30-27-21(11-10-18-31-27)19-25(28(34)35)32-26(33)20-29(22-12-4-1-5-13-22,23-14-6-2-7-15-23)24-16-8-3-9-17-24/h1-18,25H,19-20H2,(H,32,33)(H,34,35)/t25-/m1/s1. The van der Waals surface area contributed by atoms with Gasteiger partial charge in [0.25, 0.3) is 0 Å². The highest BCUT2D eigenvalue weighted by molar-refractivity contribution is 9.10. The van der Waals surface area contributed by atoms with E-state index in [0.717, 1.165) is 16.7 Å². The molecule has 1 amide bonds. The molecule has 35 heavy (non-hydrogen) atoms. The van der Waals surface area contributed by atoms with E-state index in [1.807, 2.05) is 91.0 Å². The fourth-order valence-electron chi connectivity index (χ4n) is 4.45. The molecule has 6 heteroatoms. The predicted octanol–water partition coefficient (Wildman–Crippen LogP) is 5.38. The zero-order valence-electron chi connectivity index (χ0n) is 19.0. The number of carbonyl (C=O) groups is 2. The van der Waals surface area contributed by atoms with Gasteiger partial charge in [0, 0.05) is 19.0 Å². The van der Waals surface area contributed by atoms with Crippen LogP contribution < -0.4 is 5.32 Å². The second-order valence-electron chi connectivity index (χ2n) is 8.30. The zero-order chi connectivity index (χ0) is 24.7. The molecule has 2 N–H and O–H groups in total. The Hall–Kier alpha value is -3.77. The Labute approximate surface area is 213 Å². The molecule has 4 rings (SSSR count). The summed E-state index contributed by atoms with van der Waals surface area (Å²) in [6.07, 6.45) is 1.78. The smallest absolute Gasteiger partial charge is 0.326 e. The first-order chi connectivity index (χ1) is 17.0. The molecule has 0 bridgehead atoms. The van der Waals surface area contributed by atoms with Gasteiger partial charge in [-0.1, -0.05) is 97.1 Å². The fourth-order valence-corrected chi connectivity index (χ4v) is 4.86. The number of carboxylic acid groups (broad SMARTS) is 1. The van der Waals surface area contributed by atoms with Crippen molar-refractivity contribution in [3.8, 4) is 0 Å². The van der Waals surface area contributed by atoms with Gasteiger partial charge in [-0.2, -0.15) is 0 Å². The second kappa shape index (κ2) is 11.1. The van der Waals surface area contributed by atoms with Crippen molar-refractivity contribution in [3.05, 3.63) is 136 Å². The number of benzene rings is 3. The summed E-state index contributed by atoms with van der Waals surface area (Å²) >= 11 is 3.36. The van der Waals surface area contributed by atoms with E-state index in [4.69, 9.17) is 0 Å². The first-order valence-electron chi connectivity index (χ1n) is 11.3. The molecule has 0 radical (unpaired) electrons. The monoisotopic (exact) mass is 528 g/mol. The zero-order valence-corrected chi connectivity index (χ0v) is 20.6. The van der Waals surface area contributed by atoms with Crippen molar-refractivity contribution < 1.29 is 14.7 Å². The topological polar surface area (TPSA) is 79.3 Å². The molecule has 0 fully saturated rings. The normalized spacial score (nSPS) is 12.0. The van der Waals surface area contributed by atoms with E-state index in [-0.39, 0.29) is 18.7 Å². The molecule has 1 heterocycles. The Kier molecular flexibility index (Phi) is 7.73. The molecular weight excluding hydrogens is 504 g/mol. The molecule has 0 saturated heterocycles. The summed E-state index contributed by atoms with van der Waals surface area (Å²) in [6, 6.07) is 32.0. The first kappa shape index (κ1) is 24.4. The molecule has 0 aliphatic rings. The molecule has 176 valence electrons. The lowest BCUT2D eigenvalue weighted by Gasteiger charge is -2.36. The lowest BCUT2D eigenvalue weighted by Crippen LogP contribution is -2.45. The summed E-state index contributed by atoms with van der Waals surface area (Å²) < 4.78 is 0.563. The number of nitrogens with zero attached hydrogens (tertiary/aromatic N) is 1. The number of hydrogen-bond donors (Lipinski definition) is 2. The van der Waals surface area contributed by atoms with Gasteiger partial charge in [-0.15, -0.1) is 0 Å². The third-order valence-electron chi connectivity index (χ3n) is 6.12. The maximum atomic E-state index is 13.6. The van der Waals surface area contributed by atoms with E-state index in [0.29, 0.717) is 10.2 Å². The van der Waals surface area contributed by atoms with Crippen molar-refractivity contribution in [2.75, 3.05) is 0 Å². The molecule has 5 nitrogen and oxygen atoms in total. The van der Waals surface area contributed by atoms with Crippen LogP contribution in [0.25, 0.3) is 0 Å². The molecule has 0 saturated carbocycles. The van der Waals surface area contributed by atoms with Crippen molar-refractivity contribution in [3.63, 3.8) is 0 Å². The van der Waals surface area contributed by atoms with Gasteiger partial charge < -0.3 is 10.4 Å². The average molecular weight is 529 g/mol. The minimum Gasteiger partial charge on any atom is -0.480 e. The van der Waals surface area contributed by atoms with Crippen LogP contribution in [0.4, 0.5) is 0 Å². The number of amides is 1. The van der Waals surface area contributed by atoms with Gasteiger partial charge in [0.1, 0.15) is 10.6 Å². The van der Waals surface area contributed by atoms with Crippen LogP contribution in [-0.4, -0.2) is 28.0 Å². The van der Waals surface area contributed by atoms with E-state index in [2.05, 4.69) is 26.2 Å². The summed E-state index contributed by atoms with van der Waals surface area (Å²) in [5.41, 5.74) is 2.77. The fraction of sp³-hybridized carbons (Fsp3) is 0.138. The highest BCUT2D eigenvalue weighted by Crippen LogP contribution is 2.42. The lowest BCUT2D eigenvalue weighted by molar-refractivity contribution is -0.141. The number of carboxylic acids is 1. The highest BCUT2D eigenvalue weighted by Gasteiger charge is 2.39. The van der Waals surface area contributed by atoms with Crippen LogP contribution in [0, 0.1) is 0 Å². The van der Waals surface area contributed by atoms with Crippen LogP contribution in [0.1, 0.15) is 28.7 Å². The Balaban J connectivity index is 1.74. The number of carbonyl (C=O) groups excluding carboxylic acids is 1. The third-order valence-corrected chi connectivity index (χ3v) is 6.83. The number of aliphatic carboxylic acids is 1. The molecule has 1 atom stereocenters. The first-order valence-corrected chi connectivity index (χ1v) is 12.1. The van der Waals surface area contributed by atoms with E-state index in [1.165, 1.54) is 0 Å². The molecule has 3 aromatic carbocycles. The van der Waals surface area contributed by atoms with Crippen LogP contribution in [-0.2, 0) is 21.4 Å². The number of nitrogens with one attached hydrogen (secondary N) is 1. The largest absolute Gasteiger partial charge is 0.480 e. The van der Waals surface area contributed by atoms with Crippen LogP contribution in [0.3, 0.4) is 0 Å². The maximum absolute atomic E-state index is 13.6. The van der Waals surface area contributed by atoms with Crippen LogP contribution in [0.15, 0.2) is 114 Å². The van der Waals surface area contributed by atoms with Crippen molar-refractivity contribution in [2.24, 2.45) is 0 Å². The van der Waals surface area contributed by atoms with Crippen molar-refractivity contribution in [2.45, 2.75) is 24.3 Å². The third kappa shape index (κ3) is 5.49. The Morgan fingerprint density at radius 1 is 0.800 bits per heavy atom. The Bertz CT molecular complexity index is 1180. The Morgan fingerprint density at radius 3 is 1.71 bits per heavy atom. The van der Waals surface area contributed by atoms with E-state index in [9.17, 15) is 14.7 Å². The quantitative estimate of drug-likeness (QED) is 0.226. The van der Waals surface area contributed by atoms with Crippen molar-refractivity contribution in [1.29, 1.82) is 0 Å². The minimum atomic E-state index is -1.10. The Morgan fingerprint density at radius 2 is 1.29 bits per heavy atom. The van der Waals surface area contributed by atoms with Gasteiger partial charge in [-0.3, -0.25) is 4.79 Å². The molecule has 0 aliphatic carbocycles. The molecule has 0 spiro atoms. The van der Waals surface area contributed by atoms with Gasteiger partial charge in [0.2, 0.25) is 5.91 Å². The van der Waals surface area contributed by atoms with Gasteiger partial charge in [0.05, 0.1) is 5.41 Å². The lowest BCUT2D eigenvalue weighted by atomic mass is 9.67. The van der Waals surface area contributed by atoms with Gasteiger partial charge >= 0.3 is 5.97 Å². The number of halogens is 1. The van der Waals surface area contributed by atoms with E-state index < -0.39 is 17.4 Å². The number of rotatable bonds is 9. The van der Waals surface area contributed by atoms with Gasteiger partial charge in [-0.05, 0) is 44.3 Å². The van der Waals surface area contributed by atoms with Crippen LogP contribution in [0.5, 0.6) is 0 Å². The SMILES string of the molecule is O=C(CC(c1ccccc1)(c1ccccc1)c1ccccc1)N[C@H](Cc1cccnc1Br)C(=O)O. The second-order valence-corrected chi connectivity index (χ2v) is 9.05. The summed E-state index contributed by atoms with van der Waals surface area (Å²) in [6.45, 7) is 0. The van der Waals surface area contributed by atoms with E-state index in [1.54, 1.807) is 18.3 Å². The molecule has 4 aromatic rings. The van der Waals surface area contributed by atoms with Crippen LogP contribution >= 0.6 is 15.9 Å². The van der Waals surface area contributed by atoms with Gasteiger partial charge in [0.15, 0.2) is 0 Å². The summed E-state index contributed by atoms with van der Waals surface area (Å²) in [7, 11) is 0. The summed E-state index contributed by atoms with van der Waals surface area (Å²) in [4.78, 5) is 29.8. The van der Waals surface area contributed by atoms with Gasteiger partial charge in [-0.25, -0.2) is 9.78 Å². The molecule has 0 aliphatic heterocycles.